The van der Waals surface area contributed by atoms with Crippen molar-refractivity contribution in [3.63, 3.8) is 0 Å². The Bertz CT molecular complexity index is 1230. The molecule has 204 valence electrons. The number of aryl methyl sites for hydroxylation is 2. The van der Waals surface area contributed by atoms with Crippen LogP contribution in [0.2, 0.25) is 0 Å². The van der Waals surface area contributed by atoms with Crippen LogP contribution in [0, 0.1) is 6.92 Å². The van der Waals surface area contributed by atoms with E-state index in [9.17, 15) is 44.7 Å². The molecule has 0 aromatic heterocycles. The third kappa shape index (κ3) is 5.41. The standard InChI is InChI=1S/C23H24F6N2O5S/c1-14-2-7-18(8-3-14)37(35,36)31-17(13-30-20(33)10-11-32)6-4-15-12-16(5-9-19(15)31)21(34,22(24,25)26)23(27,28)29/h2-3,5,7-9,12,17,32,34H,4,6,10-11,13H2,1H3,(H,30,33). The monoisotopic (exact) mass is 554 g/mol. The second-order valence-electron chi connectivity index (χ2n) is 8.63. The maximum Gasteiger partial charge on any atom is 0.430 e. The summed E-state index contributed by atoms with van der Waals surface area (Å²) < 4.78 is 109. The third-order valence-electron chi connectivity index (χ3n) is 6.09. The van der Waals surface area contributed by atoms with E-state index in [0.29, 0.717) is 12.1 Å². The number of alkyl halides is 6. The number of carbonyl (C=O) groups is 1. The molecule has 1 aliphatic heterocycles. The molecular weight excluding hydrogens is 530 g/mol. The van der Waals surface area contributed by atoms with Gasteiger partial charge in [-0.1, -0.05) is 29.8 Å². The zero-order chi connectivity index (χ0) is 27.8. The lowest BCUT2D eigenvalue weighted by Crippen LogP contribution is -2.54. The van der Waals surface area contributed by atoms with Crippen molar-refractivity contribution in [2.24, 2.45) is 0 Å². The topological polar surface area (TPSA) is 107 Å². The Morgan fingerprint density at radius 3 is 2.19 bits per heavy atom. The highest BCUT2D eigenvalue weighted by atomic mass is 32.2. The first kappa shape index (κ1) is 28.7. The quantitative estimate of drug-likeness (QED) is 0.456. The SMILES string of the molecule is Cc1ccc(S(=O)(=O)N2c3ccc(C(O)(C(F)(F)F)C(F)(F)F)cc3CCC2CNC(=O)CCO)cc1. The highest BCUT2D eigenvalue weighted by Crippen LogP contribution is 2.51. The number of carbonyl (C=O) groups excluding carboxylic acids is 1. The van der Waals surface area contributed by atoms with Gasteiger partial charge in [-0.05, 0) is 43.5 Å². The Morgan fingerprint density at radius 2 is 1.65 bits per heavy atom. The van der Waals surface area contributed by atoms with Gasteiger partial charge < -0.3 is 15.5 Å². The molecule has 2 aromatic carbocycles. The van der Waals surface area contributed by atoms with Crippen LogP contribution in [0.1, 0.15) is 29.5 Å². The number of nitrogens with zero attached hydrogens (tertiary/aromatic N) is 1. The van der Waals surface area contributed by atoms with Crippen LogP contribution in [0.25, 0.3) is 0 Å². The lowest BCUT2D eigenvalue weighted by Gasteiger charge is -2.39. The number of hydrogen-bond donors (Lipinski definition) is 3. The molecule has 14 heteroatoms. The summed E-state index contributed by atoms with van der Waals surface area (Å²) in [5.41, 5.74) is -6.24. The number of anilines is 1. The highest BCUT2D eigenvalue weighted by Gasteiger charge is 2.71. The van der Waals surface area contributed by atoms with E-state index < -0.39 is 52.1 Å². The van der Waals surface area contributed by atoms with Crippen LogP contribution >= 0.6 is 0 Å². The van der Waals surface area contributed by atoms with Crippen LogP contribution in [0.3, 0.4) is 0 Å². The summed E-state index contributed by atoms with van der Waals surface area (Å²) in [7, 11) is -4.38. The fourth-order valence-corrected chi connectivity index (χ4v) is 5.82. The molecule has 1 heterocycles. The average molecular weight is 555 g/mol. The molecule has 0 fully saturated rings. The molecule has 0 spiro atoms. The van der Waals surface area contributed by atoms with E-state index in [-0.39, 0.29) is 42.0 Å². The summed E-state index contributed by atoms with van der Waals surface area (Å²) in [4.78, 5) is 11.7. The Balaban J connectivity index is 2.13. The van der Waals surface area contributed by atoms with Crippen LogP contribution in [0.4, 0.5) is 32.0 Å². The fraction of sp³-hybridized carbons (Fsp3) is 0.435. The third-order valence-corrected chi connectivity index (χ3v) is 7.97. The first-order valence-corrected chi connectivity index (χ1v) is 12.5. The smallest absolute Gasteiger partial charge is 0.396 e. The Hall–Kier alpha value is -2.84. The predicted molar refractivity (Wildman–Crippen MR) is 120 cm³/mol. The Morgan fingerprint density at radius 1 is 1.05 bits per heavy atom. The molecule has 37 heavy (non-hydrogen) atoms. The molecule has 1 unspecified atom stereocenters. The van der Waals surface area contributed by atoms with Crippen molar-refractivity contribution >= 4 is 21.6 Å². The summed E-state index contributed by atoms with van der Waals surface area (Å²) in [6, 6.07) is 6.41. The van der Waals surface area contributed by atoms with Gasteiger partial charge in [0, 0.05) is 18.5 Å². The van der Waals surface area contributed by atoms with Gasteiger partial charge in [-0.25, -0.2) is 8.42 Å². The van der Waals surface area contributed by atoms with Crippen molar-refractivity contribution in [1.82, 2.24) is 5.32 Å². The maximum absolute atomic E-state index is 13.6. The summed E-state index contributed by atoms with van der Waals surface area (Å²) in [6.45, 7) is 1.05. The molecule has 0 radical (unpaired) electrons. The van der Waals surface area contributed by atoms with E-state index in [4.69, 9.17) is 5.11 Å². The van der Waals surface area contributed by atoms with E-state index in [1.807, 2.05) is 0 Å². The van der Waals surface area contributed by atoms with E-state index in [1.54, 1.807) is 6.92 Å². The summed E-state index contributed by atoms with van der Waals surface area (Å²) >= 11 is 0. The van der Waals surface area contributed by atoms with Crippen molar-refractivity contribution in [1.29, 1.82) is 0 Å². The number of halogens is 6. The lowest BCUT2D eigenvalue weighted by atomic mass is 9.88. The van der Waals surface area contributed by atoms with Crippen LogP contribution < -0.4 is 9.62 Å². The van der Waals surface area contributed by atoms with Gasteiger partial charge in [0.2, 0.25) is 5.91 Å². The average Bonchev–Trinajstić information content (AvgIpc) is 2.80. The van der Waals surface area contributed by atoms with Gasteiger partial charge in [0.25, 0.3) is 15.6 Å². The number of amides is 1. The molecule has 1 aliphatic rings. The maximum atomic E-state index is 13.6. The Labute approximate surface area is 208 Å². The molecule has 1 amide bonds. The second-order valence-corrected chi connectivity index (χ2v) is 10.4. The van der Waals surface area contributed by atoms with E-state index in [1.165, 1.54) is 24.3 Å². The first-order valence-electron chi connectivity index (χ1n) is 11.0. The molecule has 3 N–H and O–H groups in total. The minimum atomic E-state index is -6.10. The van der Waals surface area contributed by atoms with Gasteiger partial charge in [-0.15, -0.1) is 0 Å². The summed E-state index contributed by atoms with van der Waals surface area (Å²) in [6.07, 6.45) is -12.6. The van der Waals surface area contributed by atoms with Crippen molar-refractivity contribution in [2.45, 2.75) is 55.1 Å². The number of nitrogens with one attached hydrogen (secondary N) is 1. The lowest BCUT2D eigenvalue weighted by molar-refractivity contribution is -0.376. The fourth-order valence-electron chi connectivity index (χ4n) is 4.11. The zero-order valence-corrected chi connectivity index (χ0v) is 20.2. The van der Waals surface area contributed by atoms with E-state index in [0.717, 1.165) is 15.9 Å². The van der Waals surface area contributed by atoms with Gasteiger partial charge in [0.05, 0.1) is 23.2 Å². The molecule has 0 aliphatic carbocycles. The minimum absolute atomic E-state index is 0.0581. The summed E-state index contributed by atoms with van der Waals surface area (Å²) in [5, 5.41) is 21.2. The second kappa shape index (κ2) is 10.1. The number of hydrogen-bond acceptors (Lipinski definition) is 5. The predicted octanol–water partition coefficient (Wildman–Crippen LogP) is 3.32. The number of sulfonamides is 1. The summed E-state index contributed by atoms with van der Waals surface area (Å²) in [5.74, 6) is -0.572. The molecule has 0 bridgehead atoms. The number of rotatable bonds is 7. The minimum Gasteiger partial charge on any atom is -0.396 e. The molecule has 7 nitrogen and oxygen atoms in total. The van der Waals surface area contributed by atoms with Crippen LogP contribution in [-0.4, -0.2) is 56.1 Å². The zero-order valence-electron chi connectivity index (χ0n) is 19.4. The van der Waals surface area contributed by atoms with Gasteiger partial charge in [0.15, 0.2) is 0 Å². The molecule has 2 aromatic rings. The molecule has 0 saturated heterocycles. The van der Waals surface area contributed by atoms with Crippen molar-refractivity contribution < 1.29 is 49.8 Å². The van der Waals surface area contributed by atoms with Gasteiger partial charge in [-0.2, -0.15) is 26.3 Å². The van der Waals surface area contributed by atoms with E-state index in [2.05, 4.69) is 5.32 Å². The molecule has 1 atom stereocenters. The normalized spacial score (nSPS) is 16.9. The number of aliphatic hydroxyl groups excluding tert-OH is 1. The number of aliphatic hydroxyl groups is 2. The van der Waals surface area contributed by atoms with Crippen LogP contribution in [0.5, 0.6) is 0 Å². The largest absolute Gasteiger partial charge is 0.430 e. The van der Waals surface area contributed by atoms with Crippen molar-refractivity contribution in [3.05, 3.63) is 59.2 Å². The van der Waals surface area contributed by atoms with Crippen molar-refractivity contribution in [2.75, 3.05) is 17.5 Å². The number of benzene rings is 2. The van der Waals surface area contributed by atoms with Crippen LogP contribution in [0.15, 0.2) is 47.4 Å². The highest BCUT2D eigenvalue weighted by molar-refractivity contribution is 7.92. The molecule has 3 rings (SSSR count). The van der Waals surface area contributed by atoms with Gasteiger partial charge >= 0.3 is 12.4 Å². The first-order chi connectivity index (χ1) is 17.0. The molecule has 0 saturated carbocycles. The van der Waals surface area contributed by atoms with E-state index >= 15 is 0 Å². The number of fused-ring (bicyclic) bond motifs is 1. The Kier molecular flexibility index (Phi) is 7.87. The van der Waals surface area contributed by atoms with Gasteiger partial charge in [0.1, 0.15) is 0 Å². The van der Waals surface area contributed by atoms with Gasteiger partial charge in [-0.3, -0.25) is 9.10 Å². The van der Waals surface area contributed by atoms with Crippen molar-refractivity contribution in [3.8, 4) is 0 Å². The molecular formula is C23H24F6N2O5S. The van der Waals surface area contributed by atoms with Crippen LogP contribution in [-0.2, 0) is 26.8 Å².